The Morgan fingerprint density at radius 3 is 2.80 bits per heavy atom. The lowest BCUT2D eigenvalue weighted by atomic mass is 10.2. The molecule has 0 aromatic carbocycles. The highest BCUT2D eigenvalue weighted by atomic mass is 32.1. The molecule has 1 aromatic rings. The van der Waals surface area contributed by atoms with Crippen LogP contribution >= 0.6 is 11.3 Å². The molecule has 0 saturated heterocycles. The highest BCUT2D eigenvalue weighted by Gasteiger charge is 2.04. The van der Waals surface area contributed by atoms with Crippen molar-refractivity contribution < 1.29 is 0 Å². The Hall–Kier alpha value is -0.380. The number of aryl methyl sites for hydroxylation is 1. The maximum absolute atomic E-state index is 5.69. The molecule has 0 amide bonds. The van der Waals surface area contributed by atoms with Gasteiger partial charge in [-0.1, -0.05) is 0 Å². The molecule has 0 unspecified atom stereocenters. The third-order valence-corrected chi connectivity index (χ3v) is 2.55. The molecule has 1 heterocycles. The van der Waals surface area contributed by atoms with Crippen LogP contribution in [-0.4, -0.2) is 6.54 Å². The molecule has 0 aliphatic carbocycles. The van der Waals surface area contributed by atoms with Crippen molar-refractivity contribution in [1.82, 2.24) is 0 Å². The predicted molar refractivity (Wildman–Crippen MR) is 45.0 cm³/mol. The predicted octanol–water partition coefficient (Wildman–Crippen LogP) is 1.02. The van der Waals surface area contributed by atoms with Gasteiger partial charge in [0.25, 0.3) is 0 Å². The second-order valence-electron chi connectivity index (χ2n) is 2.37. The van der Waals surface area contributed by atoms with E-state index in [0.29, 0.717) is 6.54 Å². The molecule has 4 N–H and O–H groups in total. The fourth-order valence-corrected chi connectivity index (χ4v) is 1.68. The zero-order valence-corrected chi connectivity index (χ0v) is 6.82. The molecule has 3 heteroatoms. The number of nitrogens with two attached hydrogens (primary N) is 2. The molecule has 0 fully saturated rings. The minimum absolute atomic E-state index is 0.0266. The number of thiophene rings is 1. The zero-order chi connectivity index (χ0) is 7.56. The summed E-state index contributed by atoms with van der Waals surface area (Å²) in [6.07, 6.45) is 0. The van der Waals surface area contributed by atoms with E-state index in [1.807, 2.05) is 0 Å². The highest BCUT2D eigenvalue weighted by molar-refractivity contribution is 7.10. The first-order chi connectivity index (χ1) is 4.74. The summed E-state index contributed by atoms with van der Waals surface area (Å²) in [5, 5.41) is 2.09. The van der Waals surface area contributed by atoms with Crippen molar-refractivity contribution in [2.45, 2.75) is 13.0 Å². The van der Waals surface area contributed by atoms with Gasteiger partial charge in [0.15, 0.2) is 0 Å². The first-order valence-electron chi connectivity index (χ1n) is 3.24. The molecule has 0 saturated carbocycles. The lowest BCUT2D eigenvalue weighted by molar-refractivity contribution is 0.751. The summed E-state index contributed by atoms with van der Waals surface area (Å²) in [4.78, 5) is 1.18. The van der Waals surface area contributed by atoms with E-state index >= 15 is 0 Å². The summed E-state index contributed by atoms with van der Waals surface area (Å²) in [5.74, 6) is 0. The second kappa shape index (κ2) is 3.14. The van der Waals surface area contributed by atoms with Gasteiger partial charge in [-0.3, -0.25) is 0 Å². The van der Waals surface area contributed by atoms with Gasteiger partial charge in [0.2, 0.25) is 0 Å². The van der Waals surface area contributed by atoms with Crippen molar-refractivity contribution in [3.63, 3.8) is 0 Å². The Balaban J connectivity index is 2.74. The average molecular weight is 156 g/mol. The van der Waals surface area contributed by atoms with Crippen LogP contribution in [0.5, 0.6) is 0 Å². The molecule has 10 heavy (non-hydrogen) atoms. The zero-order valence-electron chi connectivity index (χ0n) is 6.00. The smallest absolute Gasteiger partial charge is 0.0514 e. The molecule has 1 rings (SSSR count). The van der Waals surface area contributed by atoms with E-state index in [1.54, 1.807) is 11.3 Å². The molecule has 0 bridgehead atoms. The van der Waals surface area contributed by atoms with Crippen molar-refractivity contribution in [2.75, 3.05) is 6.54 Å². The van der Waals surface area contributed by atoms with Gasteiger partial charge < -0.3 is 11.5 Å². The maximum atomic E-state index is 5.69. The lowest BCUT2D eigenvalue weighted by Gasteiger charge is -2.03. The van der Waals surface area contributed by atoms with Gasteiger partial charge in [0.05, 0.1) is 6.04 Å². The van der Waals surface area contributed by atoms with Crippen LogP contribution in [0.25, 0.3) is 0 Å². The second-order valence-corrected chi connectivity index (χ2v) is 3.31. The third kappa shape index (κ3) is 1.56. The summed E-state index contributed by atoms with van der Waals surface area (Å²) >= 11 is 1.68. The topological polar surface area (TPSA) is 52.0 Å². The molecule has 2 nitrogen and oxygen atoms in total. The Morgan fingerprint density at radius 2 is 2.40 bits per heavy atom. The largest absolute Gasteiger partial charge is 0.329 e. The molecule has 1 atom stereocenters. The first kappa shape index (κ1) is 7.72. The van der Waals surface area contributed by atoms with Crippen LogP contribution in [-0.2, 0) is 0 Å². The van der Waals surface area contributed by atoms with E-state index in [9.17, 15) is 0 Å². The van der Waals surface area contributed by atoms with Gasteiger partial charge in [0.1, 0.15) is 0 Å². The summed E-state index contributed by atoms with van der Waals surface area (Å²) in [5.41, 5.74) is 12.4. The fraction of sp³-hybridized carbons (Fsp3) is 0.429. The highest BCUT2D eigenvalue weighted by Crippen LogP contribution is 2.18. The van der Waals surface area contributed by atoms with Crippen LogP contribution in [0.15, 0.2) is 11.4 Å². The standard InChI is InChI=1S/C7H12N2S/c1-5-2-7(10-4-5)6(9)3-8/h2,4,6H,3,8-9H2,1H3/t6-/m0/s1. The van der Waals surface area contributed by atoms with E-state index in [1.165, 1.54) is 10.4 Å². The molecule has 56 valence electrons. The van der Waals surface area contributed by atoms with E-state index < -0.39 is 0 Å². The van der Waals surface area contributed by atoms with Crippen LogP contribution in [0.2, 0.25) is 0 Å². The molecule has 0 aliphatic rings. The first-order valence-corrected chi connectivity index (χ1v) is 4.12. The van der Waals surface area contributed by atoms with Gasteiger partial charge in [-0.05, 0) is 23.9 Å². The summed E-state index contributed by atoms with van der Waals surface area (Å²) in [7, 11) is 0. The van der Waals surface area contributed by atoms with Crippen LogP contribution in [0, 0.1) is 6.92 Å². The Kier molecular flexibility index (Phi) is 2.43. The van der Waals surface area contributed by atoms with E-state index in [0.717, 1.165) is 0 Å². The van der Waals surface area contributed by atoms with Crippen molar-refractivity contribution >= 4 is 11.3 Å². The molecule has 0 aliphatic heterocycles. The van der Waals surface area contributed by atoms with Crippen LogP contribution in [0.4, 0.5) is 0 Å². The number of hydrogen-bond acceptors (Lipinski definition) is 3. The summed E-state index contributed by atoms with van der Waals surface area (Å²) in [6, 6.07) is 2.11. The molecule has 1 aromatic heterocycles. The van der Waals surface area contributed by atoms with E-state index in [-0.39, 0.29) is 6.04 Å². The van der Waals surface area contributed by atoms with E-state index in [4.69, 9.17) is 11.5 Å². The normalized spacial score (nSPS) is 13.5. The molecular weight excluding hydrogens is 144 g/mol. The van der Waals surface area contributed by atoms with Gasteiger partial charge in [0, 0.05) is 11.4 Å². The van der Waals surface area contributed by atoms with Crippen molar-refractivity contribution in [3.8, 4) is 0 Å². The van der Waals surface area contributed by atoms with Crippen LogP contribution < -0.4 is 11.5 Å². The Morgan fingerprint density at radius 1 is 1.70 bits per heavy atom. The number of hydrogen-bond donors (Lipinski definition) is 2. The number of rotatable bonds is 2. The molecule has 0 spiro atoms. The Bertz CT molecular complexity index is 207. The van der Waals surface area contributed by atoms with Crippen molar-refractivity contribution in [2.24, 2.45) is 11.5 Å². The summed E-state index contributed by atoms with van der Waals surface area (Å²) < 4.78 is 0. The minimum Gasteiger partial charge on any atom is -0.329 e. The van der Waals surface area contributed by atoms with Crippen LogP contribution in [0.1, 0.15) is 16.5 Å². The average Bonchev–Trinajstić information content (AvgIpc) is 2.34. The van der Waals surface area contributed by atoms with Gasteiger partial charge in [-0.2, -0.15) is 0 Å². The molecular formula is C7H12N2S. The van der Waals surface area contributed by atoms with Gasteiger partial charge in [-0.25, -0.2) is 0 Å². The molecule has 0 radical (unpaired) electrons. The van der Waals surface area contributed by atoms with Crippen molar-refractivity contribution in [1.29, 1.82) is 0 Å². The van der Waals surface area contributed by atoms with E-state index in [2.05, 4.69) is 18.4 Å². The SMILES string of the molecule is Cc1csc([C@@H](N)CN)c1. The third-order valence-electron chi connectivity index (χ3n) is 1.37. The monoisotopic (exact) mass is 156 g/mol. The summed E-state index contributed by atoms with van der Waals surface area (Å²) in [6.45, 7) is 2.59. The minimum atomic E-state index is 0.0266. The lowest BCUT2D eigenvalue weighted by Crippen LogP contribution is -2.19. The van der Waals surface area contributed by atoms with Gasteiger partial charge >= 0.3 is 0 Å². The van der Waals surface area contributed by atoms with Crippen LogP contribution in [0.3, 0.4) is 0 Å². The maximum Gasteiger partial charge on any atom is 0.0514 e. The Labute approximate surface area is 64.8 Å². The quantitative estimate of drug-likeness (QED) is 0.671. The van der Waals surface area contributed by atoms with Crippen molar-refractivity contribution in [3.05, 3.63) is 21.9 Å². The fourth-order valence-electron chi connectivity index (χ4n) is 0.764. The van der Waals surface area contributed by atoms with Gasteiger partial charge in [-0.15, -0.1) is 11.3 Å².